The highest BCUT2D eigenvalue weighted by molar-refractivity contribution is 5.87. The van der Waals surface area contributed by atoms with Gasteiger partial charge in [-0.15, -0.1) is 0 Å². The highest BCUT2D eigenvalue weighted by Crippen LogP contribution is 2.05. The molecule has 1 unspecified atom stereocenters. The predicted octanol–water partition coefficient (Wildman–Crippen LogP) is 1.59. The number of likely N-dealkylation sites (tertiary alicyclic amines) is 1. The average Bonchev–Trinajstić information content (AvgIpc) is 3.00. The van der Waals surface area contributed by atoms with E-state index in [2.05, 4.69) is 34.7 Å². The third-order valence-corrected chi connectivity index (χ3v) is 2.46. The normalized spacial score (nSPS) is 13.4. The number of carbonyl (C=O) groups is 2. The molecule has 1 heterocycles. The number of esters is 1. The zero-order valence-corrected chi connectivity index (χ0v) is 13.8. The van der Waals surface area contributed by atoms with E-state index in [0.29, 0.717) is 0 Å². The molecule has 1 saturated heterocycles. The molecule has 0 aliphatic carbocycles. The Morgan fingerprint density at radius 2 is 1.82 bits per heavy atom. The SMILES string of the molecule is C=C(C)C(=O)OC(C)O.C=CC(=O)NC.C=CN1CCCC1. The number of aliphatic hydroxyl groups is 1. The maximum absolute atomic E-state index is 10.5. The molecule has 0 radical (unpaired) electrons. The Bertz CT molecular complexity index is 372. The lowest BCUT2D eigenvalue weighted by atomic mass is 10.4. The summed E-state index contributed by atoms with van der Waals surface area (Å²) in [6.07, 6.45) is 4.81. The fourth-order valence-corrected chi connectivity index (χ4v) is 1.28. The molecule has 2 N–H and O–H groups in total. The fourth-order valence-electron chi connectivity index (χ4n) is 1.28. The van der Waals surface area contributed by atoms with Gasteiger partial charge in [0.25, 0.3) is 0 Å². The second-order valence-corrected chi connectivity index (χ2v) is 4.53. The van der Waals surface area contributed by atoms with E-state index in [4.69, 9.17) is 5.11 Å². The molecule has 0 bridgehead atoms. The molecule has 1 amide bonds. The molecule has 0 spiro atoms. The second-order valence-electron chi connectivity index (χ2n) is 4.53. The number of hydrogen-bond acceptors (Lipinski definition) is 5. The van der Waals surface area contributed by atoms with Crippen molar-refractivity contribution < 1.29 is 19.4 Å². The average molecular weight is 312 g/mol. The summed E-state index contributed by atoms with van der Waals surface area (Å²) in [6.45, 7) is 15.5. The zero-order chi connectivity index (χ0) is 17.5. The maximum Gasteiger partial charge on any atom is 0.335 e. The standard InChI is InChI=1S/C6H11N.C6H10O3.C4H7NO/c1-2-7-5-3-4-6-7;1-4(2)6(8)9-5(3)7;1-3-4(6)5-2/h2H,1,3-6H2;5,7H,1H2,2-3H3;3H,1H2,2H3,(H,5,6). The first-order chi connectivity index (χ1) is 10.3. The third kappa shape index (κ3) is 14.3. The van der Waals surface area contributed by atoms with Crippen LogP contribution < -0.4 is 5.32 Å². The van der Waals surface area contributed by atoms with Gasteiger partial charge in [-0.05, 0) is 39.0 Å². The van der Waals surface area contributed by atoms with Crippen LogP contribution in [0.4, 0.5) is 0 Å². The summed E-state index contributed by atoms with van der Waals surface area (Å²) in [7, 11) is 1.56. The first-order valence-corrected chi connectivity index (χ1v) is 7.03. The van der Waals surface area contributed by atoms with Crippen LogP contribution in [0.3, 0.4) is 0 Å². The van der Waals surface area contributed by atoms with Crippen molar-refractivity contribution in [3.63, 3.8) is 0 Å². The topological polar surface area (TPSA) is 78.9 Å². The van der Waals surface area contributed by atoms with Crippen LogP contribution >= 0.6 is 0 Å². The van der Waals surface area contributed by atoms with E-state index in [1.54, 1.807) is 7.05 Å². The van der Waals surface area contributed by atoms with Crippen LogP contribution in [0.1, 0.15) is 26.7 Å². The smallest absolute Gasteiger partial charge is 0.335 e. The van der Waals surface area contributed by atoms with E-state index in [1.165, 1.54) is 45.9 Å². The number of aliphatic hydroxyl groups excluding tert-OH is 1. The van der Waals surface area contributed by atoms with E-state index in [1.807, 2.05) is 6.20 Å². The molecule has 1 fully saturated rings. The lowest BCUT2D eigenvalue weighted by Gasteiger charge is -2.07. The van der Waals surface area contributed by atoms with Crippen LogP contribution in [0.25, 0.3) is 0 Å². The number of nitrogens with one attached hydrogen (secondary N) is 1. The highest BCUT2D eigenvalue weighted by Gasteiger charge is 2.05. The number of rotatable bonds is 4. The number of amides is 1. The monoisotopic (exact) mass is 312 g/mol. The Morgan fingerprint density at radius 3 is 1.95 bits per heavy atom. The summed E-state index contributed by atoms with van der Waals surface area (Å²) in [5.41, 5.74) is 0.288. The molecule has 6 heteroatoms. The van der Waals surface area contributed by atoms with Gasteiger partial charge in [0.15, 0.2) is 6.29 Å². The molecule has 1 aliphatic heterocycles. The van der Waals surface area contributed by atoms with E-state index >= 15 is 0 Å². The predicted molar refractivity (Wildman–Crippen MR) is 87.9 cm³/mol. The van der Waals surface area contributed by atoms with Crippen LogP contribution in [0.2, 0.25) is 0 Å². The molecule has 22 heavy (non-hydrogen) atoms. The zero-order valence-electron chi connectivity index (χ0n) is 13.8. The maximum atomic E-state index is 10.5. The Hall–Kier alpha value is -2.08. The van der Waals surface area contributed by atoms with Gasteiger partial charge in [0.05, 0.1) is 0 Å². The summed E-state index contributed by atoms with van der Waals surface area (Å²) >= 11 is 0. The van der Waals surface area contributed by atoms with Gasteiger partial charge < -0.3 is 20.1 Å². The van der Waals surface area contributed by atoms with Crippen LogP contribution in [0, 0.1) is 0 Å². The van der Waals surface area contributed by atoms with Gasteiger partial charge in [0.1, 0.15) is 0 Å². The largest absolute Gasteiger partial charge is 0.433 e. The van der Waals surface area contributed by atoms with Crippen molar-refractivity contribution in [1.29, 1.82) is 0 Å². The van der Waals surface area contributed by atoms with Gasteiger partial charge in [-0.25, -0.2) is 4.79 Å². The minimum atomic E-state index is -1.05. The van der Waals surface area contributed by atoms with Gasteiger partial charge in [0.2, 0.25) is 5.91 Å². The van der Waals surface area contributed by atoms with Crippen molar-refractivity contribution >= 4 is 11.9 Å². The molecule has 6 nitrogen and oxygen atoms in total. The summed E-state index contributed by atoms with van der Waals surface area (Å²) in [5.74, 6) is -0.708. The number of hydrogen-bond donors (Lipinski definition) is 2. The lowest BCUT2D eigenvalue weighted by Crippen LogP contribution is -2.13. The summed E-state index contributed by atoms with van der Waals surface area (Å²) in [5, 5.41) is 10.8. The minimum Gasteiger partial charge on any atom is -0.433 e. The highest BCUT2D eigenvalue weighted by atomic mass is 16.6. The number of nitrogens with zero attached hydrogens (tertiary/aromatic N) is 1. The number of likely N-dealkylation sites (N-methyl/N-ethyl adjacent to an activating group) is 1. The summed E-state index contributed by atoms with van der Waals surface area (Å²) in [4.78, 5) is 22.7. The van der Waals surface area contributed by atoms with Crippen molar-refractivity contribution in [2.75, 3.05) is 20.1 Å². The molecule has 0 saturated carbocycles. The molecule has 1 atom stereocenters. The number of ether oxygens (including phenoxy) is 1. The Balaban J connectivity index is 0. The Morgan fingerprint density at radius 1 is 1.32 bits per heavy atom. The molecule has 0 aromatic rings. The Labute approximate surface area is 133 Å². The molecular formula is C16H28N2O4. The number of carbonyl (C=O) groups excluding carboxylic acids is 2. The molecule has 126 valence electrons. The molecule has 1 rings (SSSR count). The first-order valence-electron chi connectivity index (χ1n) is 7.03. The van der Waals surface area contributed by atoms with Crippen molar-refractivity contribution in [2.24, 2.45) is 0 Å². The van der Waals surface area contributed by atoms with Crippen LogP contribution in [-0.4, -0.2) is 48.3 Å². The van der Waals surface area contributed by atoms with E-state index in [9.17, 15) is 9.59 Å². The van der Waals surface area contributed by atoms with Crippen LogP contribution in [0.15, 0.2) is 37.6 Å². The molecule has 0 aromatic carbocycles. The van der Waals surface area contributed by atoms with Crippen LogP contribution in [0.5, 0.6) is 0 Å². The minimum absolute atomic E-state index is 0.144. The quantitative estimate of drug-likeness (QED) is 0.468. The van der Waals surface area contributed by atoms with Crippen molar-refractivity contribution in [2.45, 2.75) is 33.0 Å². The third-order valence-electron chi connectivity index (χ3n) is 2.46. The van der Waals surface area contributed by atoms with Gasteiger partial charge in [-0.2, -0.15) is 0 Å². The van der Waals surface area contributed by atoms with Crippen molar-refractivity contribution in [3.05, 3.63) is 37.6 Å². The molecule has 1 aliphatic rings. The molecular weight excluding hydrogens is 284 g/mol. The van der Waals surface area contributed by atoms with E-state index in [-0.39, 0.29) is 11.5 Å². The van der Waals surface area contributed by atoms with Crippen molar-refractivity contribution in [1.82, 2.24) is 10.2 Å². The first kappa shape index (κ1) is 22.2. The van der Waals surface area contributed by atoms with E-state index < -0.39 is 12.3 Å². The summed E-state index contributed by atoms with van der Waals surface area (Å²) in [6, 6.07) is 0. The second kappa shape index (κ2) is 13.9. The molecule has 0 aromatic heterocycles. The fraction of sp³-hybridized carbons (Fsp3) is 0.500. The van der Waals surface area contributed by atoms with Crippen molar-refractivity contribution in [3.8, 4) is 0 Å². The summed E-state index contributed by atoms with van der Waals surface area (Å²) < 4.78 is 4.33. The van der Waals surface area contributed by atoms with Crippen LogP contribution in [-0.2, 0) is 14.3 Å². The van der Waals surface area contributed by atoms with Gasteiger partial charge in [-0.1, -0.05) is 19.7 Å². The van der Waals surface area contributed by atoms with Gasteiger partial charge in [-0.3, -0.25) is 4.79 Å². The van der Waals surface area contributed by atoms with Gasteiger partial charge in [0, 0.05) is 25.7 Å². The van der Waals surface area contributed by atoms with E-state index in [0.717, 1.165) is 0 Å². The Kier molecular flexibility index (Phi) is 14.0. The van der Waals surface area contributed by atoms with Gasteiger partial charge >= 0.3 is 5.97 Å². The lowest BCUT2D eigenvalue weighted by molar-refractivity contribution is -0.159.